The number of benzene rings is 2. The number of nitrogens with zero attached hydrogens (tertiary/aromatic N) is 1. The van der Waals surface area contributed by atoms with Crippen LogP contribution < -0.4 is 19.7 Å². The van der Waals surface area contributed by atoms with Gasteiger partial charge >= 0.3 is 5.97 Å². The summed E-state index contributed by atoms with van der Waals surface area (Å²) in [5.41, 5.74) is 1.15. The van der Waals surface area contributed by atoms with E-state index in [-0.39, 0.29) is 24.6 Å². The molecule has 1 heterocycles. The minimum absolute atomic E-state index is 0.00986. The van der Waals surface area contributed by atoms with Gasteiger partial charge in [0.25, 0.3) is 0 Å². The molecule has 0 aromatic heterocycles. The first-order chi connectivity index (χ1) is 15.3. The third-order valence-electron chi connectivity index (χ3n) is 4.84. The zero-order chi connectivity index (χ0) is 23.3. The van der Waals surface area contributed by atoms with Crippen molar-refractivity contribution in [1.82, 2.24) is 5.32 Å². The summed E-state index contributed by atoms with van der Waals surface area (Å²) in [6, 6.07) is 11.6. The molecular weight excluding hydrogens is 456 g/mol. The lowest BCUT2D eigenvalue weighted by atomic mass is 9.94. The molecule has 1 atom stereocenters. The summed E-state index contributed by atoms with van der Waals surface area (Å²) >= 11 is 11.1. The molecular formula is C22H21ClN2O6S. The predicted molar refractivity (Wildman–Crippen MR) is 122 cm³/mol. The molecule has 0 aliphatic carbocycles. The van der Waals surface area contributed by atoms with Gasteiger partial charge in [-0.3, -0.25) is 19.3 Å². The standard InChI is InChI=1S/C22H21ClN2O6S/c1-30-18-12-16(31-10-2-3-19(26)27)9-4-13(18)11-17-20(28)24-22(32)25(21(17)29)15-7-5-14(23)6-8-15/h4-9,12,17H,2-3,10-11H2,1H3,(H,26,27)(H,24,28,32). The number of amides is 2. The predicted octanol–water partition coefficient (Wildman–Crippen LogP) is 3.20. The smallest absolute Gasteiger partial charge is 0.303 e. The van der Waals surface area contributed by atoms with E-state index in [1.807, 2.05) is 0 Å². The summed E-state index contributed by atoms with van der Waals surface area (Å²) in [5.74, 6) is -1.87. The fraction of sp³-hybridized carbons (Fsp3) is 0.273. The maximum absolute atomic E-state index is 13.2. The first-order valence-corrected chi connectivity index (χ1v) is 10.5. The number of methoxy groups -OCH3 is 1. The van der Waals surface area contributed by atoms with Crippen molar-refractivity contribution in [3.63, 3.8) is 0 Å². The van der Waals surface area contributed by atoms with Gasteiger partial charge in [0.1, 0.15) is 17.4 Å². The largest absolute Gasteiger partial charge is 0.496 e. The van der Waals surface area contributed by atoms with Gasteiger partial charge in [-0.05, 0) is 61.0 Å². The van der Waals surface area contributed by atoms with Crippen LogP contribution in [0.3, 0.4) is 0 Å². The number of carboxylic acids is 1. The average Bonchev–Trinajstić information content (AvgIpc) is 2.75. The van der Waals surface area contributed by atoms with Crippen molar-refractivity contribution in [2.45, 2.75) is 19.3 Å². The molecule has 168 valence electrons. The highest BCUT2D eigenvalue weighted by Gasteiger charge is 2.39. The fourth-order valence-corrected chi connectivity index (χ4v) is 3.67. The van der Waals surface area contributed by atoms with Crippen molar-refractivity contribution in [3.8, 4) is 11.5 Å². The Hall–Kier alpha value is -3.17. The van der Waals surface area contributed by atoms with E-state index in [0.717, 1.165) is 0 Å². The Morgan fingerprint density at radius 3 is 2.59 bits per heavy atom. The molecule has 8 nitrogen and oxygen atoms in total. The summed E-state index contributed by atoms with van der Waals surface area (Å²) in [6.45, 7) is 0.242. The number of ether oxygens (including phenoxy) is 2. The quantitative estimate of drug-likeness (QED) is 0.325. The number of aliphatic carboxylic acids is 1. The van der Waals surface area contributed by atoms with E-state index < -0.39 is 23.7 Å². The lowest BCUT2D eigenvalue weighted by Crippen LogP contribution is -2.58. The van der Waals surface area contributed by atoms with Crippen LogP contribution in [0.15, 0.2) is 42.5 Å². The number of carbonyl (C=O) groups is 3. The second kappa shape index (κ2) is 10.4. The first kappa shape index (κ1) is 23.5. The monoisotopic (exact) mass is 476 g/mol. The Morgan fingerprint density at radius 1 is 1.22 bits per heavy atom. The number of carboxylic acid groups (broad SMARTS) is 1. The minimum Gasteiger partial charge on any atom is -0.496 e. The Bertz CT molecular complexity index is 1040. The topological polar surface area (TPSA) is 105 Å². The van der Waals surface area contributed by atoms with Crippen molar-refractivity contribution in [3.05, 3.63) is 53.1 Å². The fourth-order valence-electron chi connectivity index (χ4n) is 3.25. The molecule has 0 bridgehead atoms. The molecule has 2 amide bonds. The summed E-state index contributed by atoms with van der Waals surface area (Å²) in [4.78, 5) is 37.6. The van der Waals surface area contributed by atoms with Gasteiger partial charge in [0.05, 0.1) is 19.4 Å². The molecule has 10 heteroatoms. The van der Waals surface area contributed by atoms with Crippen molar-refractivity contribution >= 4 is 52.4 Å². The number of rotatable bonds is 9. The molecule has 1 unspecified atom stereocenters. The Balaban J connectivity index is 1.76. The summed E-state index contributed by atoms with van der Waals surface area (Å²) in [7, 11) is 1.48. The van der Waals surface area contributed by atoms with E-state index in [9.17, 15) is 14.4 Å². The van der Waals surface area contributed by atoms with Gasteiger partial charge in [-0.2, -0.15) is 0 Å². The second-order valence-corrected chi connectivity index (χ2v) is 7.84. The molecule has 32 heavy (non-hydrogen) atoms. The third-order valence-corrected chi connectivity index (χ3v) is 5.38. The van der Waals surface area contributed by atoms with Crippen LogP contribution in [0.5, 0.6) is 11.5 Å². The maximum atomic E-state index is 13.2. The Labute approximate surface area is 195 Å². The number of thiocarbonyl (C=S) groups is 1. The first-order valence-electron chi connectivity index (χ1n) is 9.76. The molecule has 1 aliphatic rings. The van der Waals surface area contributed by atoms with Crippen LogP contribution in [0.4, 0.5) is 5.69 Å². The Kier molecular flexibility index (Phi) is 7.66. The number of nitrogens with one attached hydrogen (secondary N) is 1. The van der Waals surface area contributed by atoms with E-state index >= 15 is 0 Å². The van der Waals surface area contributed by atoms with Gasteiger partial charge in [-0.1, -0.05) is 17.7 Å². The van der Waals surface area contributed by atoms with E-state index in [4.69, 9.17) is 38.4 Å². The molecule has 1 saturated heterocycles. The lowest BCUT2D eigenvalue weighted by Gasteiger charge is -2.32. The molecule has 1 aliphatic heterocycles. The number of hydrogen-bond acceptors (Lipinski definition) is 6. The van der Waals surface area contributed by atoms with Gasteiger partial charge in [0, 0.05) is 17.5 Å². The highest BCUT2D eigenvalue weighted by Crippen LogP contribution is 2.30. The Morgan fingerprint density at radius 2 is 1.94 bits per heavy atom. The van der Waals surface area contributed by atoms with E-state index in [0.29, 0.717) is 34.2 Å². The molecule has 3 rings (SSSR count). The molecule has 0 spiro atoms. The molecule has 2 aromatic rings. The van der Waals surface area contributed by atoms with Crippen LogP contribution in [-0.2, 0) is 20.8 Å². The molecule has 0 radical (unpaired) electrons. The van der Waals surface area contributed by atoms with Crippen molar-refractivity contribution in [2.24, 2.45) is 5.92 Å². The minimum atomic E-state index is -1.01. The van der Waals surface area contributed by atoms with Crippen molar-refractivity contribution in [1.29, 1.82) is 0 Å². The maximum Gasteiger partial charge on any atom is 0.303 e. The third kappa shape index (κ3) is 5.54. The van der Waals surface area contributed by atoms with E-state index in [1.54, 1.807) is 42.5 Å². The summed E-state index contributed by atoms with van der Waals surface area (Å²) in [6.07, 6.45) is 0.483. The van der Waals surface area contributed by atoms with Crippen LogP contribution in [0.2, 0.25) is 5.02 Å². The number of anilines is 1. The van der Waals surface area contributed by atoms with Crippen LogP contribution in [-0.4, -0.2) is 41.7 Å². The normalized spacial score (nSPS) is 16.0. The zero-order valence-corrected chi connectivity index (χ0v) is 18.7. The second-order valence-electron chi connectivity index (χ2n) is 7.02. The van der Waals surface area contributed by atoms with Gasteiger partial charge in [-0.15, -0.1) is 0 Å². The highest BCUT2D eigenvalue weighted by atomic mass is 35.5. The summed E-state index contributed by atoms with van der Waals surface area (Å²) < 4.78 is 11.0. The molecule has 0 saturated carbocycles. The highest BCUT2D eigenvalue weighted by molar-refractivity contribution is 7.80. The van der Waals surface area contributed by atoms with Gasteiger partial charge in [0.15, 0.2) is 5.11 Å². The van der Waals surface area contributed by atoms with Crippen LogP contribution in [0.1, 0.15) is 18.4 Å². The van der Waals surface area contributed by atoms with Crippen LogP contribution in [0.25, 0.3) is 0 Å². The van der Waals surface area contributed by atoms with E-state index in [1.165, 1.54) is 12.0 Å². The zero-order valence-electron chi connectivity index (χ0n) is 17.2. The van der Waals surface area contributed by atoms with Gasteiger partial charge < -0.3 is 19.9 Å². The lowest BCUT2D eigenvalue weighted by molar-refractivity contribution is -0.137. The number of carbonyl (C=O) groups excluding carboxylic acids is 2. The number of halogens is 1. The van der Waals surface area contributed by atoms with Crippen molar-refractivity contribution in [2.75, 3.05) is 18.6 Å². The number of hydrogen-bond donors (Lipinski definition) is 2. The molecule has 2 N–H and O–H groups in total. The SMILES string of the molecule is COc1cc(OCCCC(=O)O)ccc1CC1C(=O)NC(=S)N(c2ccc(Cl)cc2)C1=O. The molecule has 2 aromatic carbocycles. The van der Waals surface area contributed by atoms with Crippen LogP contribution in [0, 0.1) is 5.92 Å². The average molecular weight is 477 g/mol. The van der Waals surface area contributed by atoms with Gasteiger partial charge in [-0.25, -0.2) is 0 Å². The van der Waals surface area contributed by atoms with Crippen molar-refractivity contribution < 1.29 is 29.0 Å². The summed E-state index contributed by atoms with van der Waals surface area (Å²) in [5, 5.41) is 11.8. The van der Waals surface area contributed by atoms with E-state index in [2.05, 4.69) is 5.32 Å². The van der Waals surface area contributed by atoms with Crippen LogP contribution >= 0.6 is 23.8 Å². The molecule has 1 fully saturated rings. The van der Waals surface area contributed by atoms with Gasteiger partial charge in [0.2, 0.25) is 11.8 Å².